The van der Waals surface area contributed by atoms with Gasteiger partial charge in [-0.3, -0.25) is 4.90 Å². The van der Waals surface area contributed by atoms with Gasteiger partial charge in [0.1, 0.15) is 0 Å². The van der Waals surface area contributed by atoms with Crippen molar-refractivity contribution >= 4 is 5.69 Å². The molecule has 0 saturated carbocycles. The maximum Gasteiger partial charge on any atom is 0.0587 e. The molecule has 2 unspecified atom stereocenters. The number of aliphatic hydroxyl groups is 1. The highest BCUT2D eigenvalue weighted by Gasteiger charge is 2.26. The van der Waals surface area contributed by atoms with Crippen molar-refractivity contribution in [1.82, 2.24) is 4.90 Å². The highest BCUT2D eigenvalue weighted by Crippen LogP contribution is 2.28. The van der Waals surface area contributed by atoms with Crippen LogP contribution < -0.4 is 5.73 Å². The lowest BCUT2D eigenvalue weighted by atomic mass is 9.97. The Kier molecular flexibility index (Phi) is 4.02. The van der Waals surface area contributed by atoms with Gasteiger partial charge >= 0.3 is 0 Å². The highest BCUT2D eigenvalue weighted by molar-refractivity contribution is 5.40. The van der Waals surface area contributed by atoms with Gasteiger partial charge in [-0.05, 0) is 44.0 Å². The van der Waals surface area contributed by atoms with Crippen LogP contribution in [0.1, 0.15) is 37.8 Å². The van der Waals surface area contributed by atoms with Gasteiger partial charge in [0.2, 0.25) is 0 Å². The molecule has 94 valence electrons. The number of nitrogens with zero attached hydrogens (tertiary/aromatic N) is 1. The van der Waals surface area contributed by atoms with Crippen LogP contribution >= 0.6 is 0 Å². The molecule has 0 radical (unpaired) electrons. The van der Waals surface area contributed by atoms with Gasteiger partial charge in [0, 0.05) is 17.8 Å². The van der Waals surface area contributed by atoms with Crippen LogP contribution in [0.4, 0.5) is 5.69 Å². The zero-order valence-electron chi connectivity index (χ0n) is 10.5. The maximum absolute atomic E-state index is 9.44. The van der Waals surface area contributed by atoms with Crippen molar-refractivity contribution in [3.8, 4) is 0 Å². The molecule has 1 aliphatic rings. The second kappa shape index (κ2) is 5.52. The van der Waals surface area contributed by atoms with E-state index in [9.17, 15) is 5.11 Å². The summed E-state index contributed by atoms with van der Waals surface area (Å²) in [6.07, 6.45) is 3.57. The zero-order valence-corrected chi connectivity index (χ0v) is 10.5. The van der Waals surface area contributed by atoms with Crippen molar-refractivity contribution in [3.63, 3.8) is 0 Å². The fourth-order valence-electron chi connectivity index (χ4n) is 2.69. The summed E-state index contributed by atoms with van der Waals surface area (Å²) in [5, 5.41) is 9.44. The van der Waals surface area contributed by atoms with E-state index < -0.39 is 0 Å². The molecule has 1 aliphatic heterocycles. The Morgan fingerprint density at radius 3 is 2.71 bits per heavy atom. The lowest BCUT2D eigenvalue weighted by Gasteiger charge is -2.39. The van der Waals surface area contributed by atoms with Crippen LogP contribution in [0.3, 0.4) is 0 Å². The van der Waals surface area contributed by atoms with E-state index in [0.29, 0.717) is 12.1 Å². The van der Waals surface area contributed by atoms with E-state index in [-0.39, 0.29) is 6.61 Å². The molecule has 0 aliphatic carbocycles. The maximum atomic E-state index is 9.44. The number of nitrogens with two attached hydrogens (primary N) is 1. The van der Waals surface area contributed by atoms with Gasteiger partial charge in [0.05, 0.1) is 6.61 Å². The van der Waals surface area contributed by atoms with Crippen LogP contribution in [0.2, 0.25) is 0 Å². The number of likely N-dealkylation sites (tertiary alicyclic amines) is 1. The standard InChI is InChI=1S/C14H22N2O/c1-11(12-5-7-13(15)8-6-12)16-9-3-2-4-14(16)10-17/h5-8,11,14,17H,2-4,9-10,15H2,1H3. The monoisotopic (exact) mass is 234 g/mol. The molecule has 0 bridgehead atoms. The van der Waals surface area contributed by atoms with Crippen LogP contribution in [0, 0.1) is 0 Å². The van der Waals surface area contributed by atoms with Crippen molar-refractivity contribution in [1.29, 1.82) is 0 Å². The zero-order chi connectivity index (χ0) is 12.3. The molecule has 0 spiro atoms. The third-order valence-electron chi connectivity index (χ3n) is 3.80. The van der Waals surface area contributed by atoms with Crippen LogP contribution in [-0.2, 0) is 0 Å². The molecule has 2 atom stereocenters. The van der Waals surface area contributed by atoms with Crippen LogP contribution in [0.5, 0.6) is 0 Å². The van der Waals surface area contributed by atoms with Crippen molar-refractivity contribution in [2.45, 2.75) is 38.3 Å². The average Bonchev–Trinajstić information content (AvgIpc) is 2.39. The summed E-state index contributed by atoms with van der Waals surface area (Å²) < 4.78 is 0. The minimum Gasteiger partial charge on any atom is -0.399 e. The number of hydrogen-bond acceptors (Lipinski definition) is 3. The van der Waals surface area contributed by atoms with E-state index in [1.165, 1.54) is 18.4 Å². The molecule has 1 fully saturated rings. The van der Waals surface area contributed by atoms with E-state index in [1.807, 2.05) is 12.1 Å². The van der Waals surface area contributed by atoms with E-state index in [2.05, 4.69) is 24.0 Å². The number of piperidine rings is 1. The lowest BCUT2D eigenvalue weighted by molar-refractivity contribution is 0.0588. The molecule has 1 heterocycles. The second-order valence-electron chi connectivity index (χ2n) is 4.91. The number of nitrogen functional groups attached to an aromatic ring is 1. The average molecular weight is 234 g/mol. The first-order chi connectivity index (χ1) is 8.22. The van der Waals surface area contributed by atoms with Crippen molar-refractivity contribution in [2.24, 2.45) is 0 Å². The predicted molar refractivity (Wildman–Crippen MR) is 70.7 cm³/mol. The Bertz CT molecular complexity index is 350. The fourth-order valence-corrected chi connectivity index (χ4v) is 2.69. The first-order valence-corrected chi connectivity index (χ1v) is 6.44. The van der Waals surface area contributed by atoms with Crippen LogP contribution in [-0.4, -0.2) is 29.2 Å². The van der Waals surface area contributed by atoms with Gasteiger partial charge in [-0.2, -0.15) is 0 Å². The molecular weight excluding hydrogens is 212 g/mol. The summed E-state index contributed by atoms with van der Waals surface area (Å²) in [5.41, 5.74) is 7.79. The molecule has 0 amide bonds. The Balaban J connectivity index is 2.12. The van der Waals surface area contributed by atoms with Crippen LogP contribution in [0.25, 0.3) is 0 Å². The summed E-state index contributed by atoms with van der Waals surface area (Å²) in [6.45, 7) is 3.55. The molecule has 3 N–H and O–H groups in total. The summed E-state index contributed by atoms with van der Waals surface area (Å²) in [7, 11) is 0. The van der Waals surface area contributed by atoms with E-state index >= 15 is 0 Å². The molecule has 3 nitrogen and oxygen atoms in total. The van der Waals surface area contributed by atoms with Crippen molar-refractivity contribution in [3.05, 3.63) is 29.8 Å². The summed E-state index contributed by atoms with van der Waals surface area (Å²) >= 11 is 0. The minimum atomic E-state index is 0.263. The Morgan fingerprint density at radius 2 is 2.06 bits per heavy atom. The molecule has 3 heteroatoms. The molecule has 1 aromatic carbocycles. The lowest BCUT2D eigenvalue weighted by Crippen LogP contribution is -2.43. The van der Waals surface area contributed by atoms with E-state index in [0.717, 1.165) is 18.7 Å². The van der Waals surface area contributed by atoms with Crippen molar-refractivity contribution < 1.29 is 5.11 Å². The number of aliphatic hydroxyl groups excluding tert-OH is 1. The van der Waals surface area contributed by atoms with E-state index in [1.54, 1.807) is 0 Å². The van der Waals surface area contributed by atoms with E-state index in [4.69, 9.17) is 5.73 Å². The summed E-state index contributed by atoms with van der Waals surface area (Å²) in [5.74, 6) is 0. The molecule has 0 aromatic heterocycles. The van der Waals surface area contributed by atoms with Gasteiger partial charge in [-0.25, -0.2) is 0 Å². The topological polar surface area (TPSA) is 49.5 Å². The van der Waals surface area contributed by atoms with Gasteiger partial charge in [-0.15, -0.1) is 0 Å². The first kappa shape index (κ1) is 12.4. The molecule has 1 saturated heterocycles. The quantitative estimate of drug-likeness (QED) is 0.788. The fraction of sp³-hybridized carbons (Fsp3) is 0.571. The number of benzene rings is 1. The number of hydrogen-bond donors (Lipinski definition) is 2. The van der Waals surface area contributed by atoms with Gasteiger partial charge in [-0.1, -0.05) is 18.6 Å². The highest BCUT2D eigenvalue weighted by atomic mass is 16.3. The number of anilines is 1. The molecule has 17 heavy (non-hydrogen) atoms. The normalized spacial score (nSPS) is 23.5. The smallest absolute Gasteiger partial charge is 0.0587 e. The largest absolute Gasteiger partial charge is 0.399 e. The Labute approximate surface area is 103 Å². The minimum absolute atomic E-state index is 0.263. The van der Waals surface area contributed by atoms with Gasteiger partial charge in [0.15, 0.2) is 0 Å². The second-order valence-corrected chi connectivity index (χ2v) is 4.91. The molecular formula is C14H22N2O. The SMILES string of the molecule is CC(c1ccc(N)cc1)N1CCCCC1CO. The van der Waals surface area contributed by atoms with Gasteiger partial charge in [0.25, 0.3) is 0 Å². The third-order valence-corrected chi connectivity index (χ3v) is 3.80. The Morgan fingerprint density at radius 1 is 1.35 bits per heavy atom. The molecule has 1 aromatic rings. The van der Waals surface area contributed by atoms with Crippen molar-refractivity contribution in [2.75, 3.05) is 18.9 Å². The number of rotatable bonds is 3. The summed E-state index contributed by atoms with van der Waals surface area (Å²) in [4.78, 5) is 2.41. The summed E-state index contributed by atoms with van der Waals surface area (Å²) in [6, 6.07) is 8.74. The van der Waals surface area contributed by atoms with Gasteiger partial charge < -0.3 is 10.8 Å². The predicted octanol–water partition coefficient (Wildman–Crippen LogP) is 2.18. The molecule has 2 rings (SSSR count). The first-order valence-electron chi connectivity index (χ1n) is 6.44. The van der Waals surface area contributed by atoms with Crippen LogP contribution in [0.15, 0.2) is 24.3 Å². The third kappa shape index (κ3) is 2.79. The Hall–Kier alpha value is -1.06.